The van der Waals surface area contributed by atoms with Crippen LogP contribution in [0.4, 0.5) is 5.69 Å². The Hall–Kier alpha value is -3.64. The molecule has 0 saturated heterocycles. The molecule has 0 fully saturated rings. The predicted molar refractivity (Wildman–Crippen MR) is 129 cm³/mol. The molecule has 1 aliphatic rings. The van der Waals surface area contributed by atoms with Gasteiger partial charge in [0.15, 0.2) is 0 Å². The summed E-state index contributed by atoms with van der Waals surface area (Å²) in [6.45, 7) is 5.87. The average Bonchev–Trinajstić information content (AvgIpc) is 3.01. The summed E-state index contributed by atoms with van der Waals surface area (Å²) >= 11 is 6.27. The predicted octanol–water partition coefficient (Wildman–Crippen LogP) is 5.22. The van der Waals surface area contributed by atoms with Crippen molar-refractivity contribution in [2.24, 2.45) is 0 Å². The molecule has 0 bridgehead atoms. The molecule has 33 heavy (non-hydrogen) atoms. The molecule has 1 N–H and O–H groups in total. The Bertz CT molecular complexity index is 1220. The van der Waals surface area contributed by atoms with E-state index in [2.05, 4.69) is 10.3 Å². The van der Waals surface area contributed by atoms with E-state index in [-0.39, 0.29) is 24.3 Å². The van der Waals surface area contributed by atoms with Crippen LogP contribution < -0.4 is 10.1 Å². The third-order valence-corrected chi connectivity index (χ3v) is 5.58. The number of aromatic nitrogens is 1. The van der Waals surface area contributed by atoms with Gasteiger partial charge in [-0.2, -0.15) is 0 Å². The second kappa shape index (κ2) is 9.46. The highest BCUT2D eigenvalue weighted by atomic mass is 35.5. The number of nitrogens with zero attached hydrogens (tertiary/aromatic N) is 2. The summed E-state index contributed by atoms with van der Waals surface area (Å²) in [6, 6.07) is 18.0. The van der Waals surface area contributed by atoms with Gasteiger partial charge in [0, 0.05) is 16.9 Å². The molecule has 0 saturated carbocycles. The first-order valence-corrected chi connectivity index (χ1v) is 11.0. The summed E-state index contributed by atoms with van der Waals surface area (Å²) in [6.07, 6.45) is 1.66. The van der Waals surface area contributed by atoms with Crippen LogP contribution in [-0.2, 0) is 16.1 Å². The van der Waals surface area contributed by atoms with Crippen LogP contribution >= 0.6 is 11.6 Å². The molecule has 2 amide bonds. The number of aryl methyl sites for hydroxylation is 1. The molecular formula is C26H24ClN3O3. The molecule has 4 rings (SSSR count). The van der Waals surface area contributed by atoms with Crippen molar-refractivity contribution in [3.63, 3.8) is 0 Å². The second-order valence-corrected chi connectivity index (χ2v) is 8.45. The first kappa shape index (κ1) is 22.6. The molecule has 3 aromatic rings. The normalized spacial score (nSPS) is 13.8. The fraction of sp³-hybridized carbons (Fsp3) is 0.192. The summed E-state index contributed by atoms with van der Waals surface area (Å²) in [4.78, 5) is 32.3. The SMILES string of the molecule is Cc1ccc(NC2=C(c3ccc(OC(C)C)cc3)C(=O)N(Cc3ccccn3)C2=O)cc1Cl. The van der Waals surface area contributed by atoms with Gasteiger partial charge in [-0.3, -0.25) is 19.5 Å². The number of anilines is 1. The van der Waals surface area contributed by atoms with E-state index < -0.39 is 5.91 Å². The number of hydrogen-bond acceptors (Lipinski definition) is 5. The van der Waals surface area contributed by atoms with E-state index in [1.165, 1.54) is 4.90 Å². The molecule has 0 radical (unpaired) electrons. The summed E-state index contributed by atoms with van der Waals surface area (Å²) < 4.78 is 5.71. The van der Waals surface area contributed by atoms with Crippen molar-refractivity contribution < 1.29 is 14.3 Å². The van der Waals surface area contributed by atoms with E-state index >= 15 is 0 Å². The van der Waals surface area contributed by atoms with E-state index in [1.807, 2.05) is 39.0 Å². The zero-order valence-electron chi connectivity index (χ0n) is 18.6. The van der Waals surface area contributed by atoms with Crippen LogP contribution in [-0.4, -0.2) is 27.8 Å². The molecule has 0 unspecified atom stereocenters. The maximum atomic E-state index is 13.4. The molecular weight excluding hydrogens is 438 g/mol. The highest BCUT2D eigenvalue weighted by molar-refractivity contribution is 6.36. The van der Waals surface area contributed by atoms with Gasteiger partial charge in [-0.15, -0.1) is 0 Å². The third-order valence-electron chi connectivity index (χ3n) is 5.17. The van der Waals surface area contributed by atoms with Crippen molar-refractivity contribution in [3.05, 3.63) is 94.4 Å². The molecule has 0 aliphatic carbocycles. The number of imide groups is 1. The molecule has 0 spiro atoms. The van der Waals surface area contributed by atoms with Gasteiger partial charge < -0.3 is 10.1 Å². The first-order valence-electron chi connectivity index (χ1n) is 10.6. The van der Waals surface area contributed by atoms with Crippen molar-refractivity contribution in [2.45, 2.75) is 33.4 Å². The Morgan fingerprint density at radius 1 is 1.03 bits per heavy atom. The van der Waals surface area contributed by atoms with Gasteiger partial charge in [0.25, 0.3) is 11.8 Å². The minimum atomic E-state index is -0.417. The zero-order valence-corrected chi connectivity index (χ0v) is 19.4. The lowest BCUT2D eigenvalue weighted by molar-refractivity contribution is -0.137. The van der Waals surface area contributed by atoms with Gasteiger partial charge in [-0.05, 0) is 68.3 Å². The smallest absolute Gasteiger partial charge is 0.278 e. The van der Waals surface area contributed by atoms with Crippen LogP contribution in [0.3, 0.4) is 0 Å². The number of carbonyl (C=O) groups excluding carboxylic acids is 2. The summed E-state index contributed by atoms with van der Waals surface area (Å²) in [5.74, 6) is -0.111. The third kappa shape index (κ3) is 4.91. The van der Waals surface area contributed by atoms with Crippen LogP contribution in [0.15, 0.2) is 72.6 Å². The average molecular weight is 462 g/mol. The Morgan fingerprint density at radius 2 is 1.79 bits per heavy atom. The van der Waals surface area contributed by atoms with Crippen molar-refractivity contribution in [1.82, 2.24) is 9.88 Å². The zero-order chi connectivity index (χ0) is 23.5. The fourth-order valence-corrected chi connectivity index (χ4v) is 3.72. The molecule has 2 heterocycles. The minimum Gasteiger partial charge on any atom is -0.491 e. The number of hydrogen-bond donors (Lipinski definition) is 1. The lowest BCUT2D eigenvalue weighted by Gasteiger charge is -2.15. The second-order valence-electron chi connectivity index (χ2n) is 8.05. The van der Waals surface area contributed by atoms with Crippen molar-refractivity contribution in [2.75, 3.05) is 5.32 Å². The number of amides is 2. The van der Waals surface area contributed by atoms with E-state index in [9.17, 15) is 9.59 Å². The van der Waals surface area contributed by atoms with Crippen LogP contribution in [0.5, 0.6) is 5.75 Å². The van der Waals surface area contributed by atoms with E-state index in [4.69, 9.17) is 16.3 Å². The lowest BCUT2D eigenvalue weighted by Crippen LogP contribution is -2.32. The Kier molecular flexibility index (Phi) is 6.47. The van der Waals surface area contributed by atoms with E-state index in [0.717, 1.165) is 5.56 Å². The lowest BCUT2D eigenvalue weighted by atomic mass is 10.0. The van der Waals surface area contributed by atoms with Crippen LogP contribution in [0.1, 0.15) is 30.7 Å². The standard InChI is InChI=1S/C26H24ClN3O3/c1-16(2)33-21-11-8-18(9-12-21)23-24(29-19-10-7-17(3)22(27)14-19)26(32)30(25(23)31)15-20-6-4-5-13-28-20/h4-14,16,29H,15H2,1-3H3. The molecule has 168 valence electrons. The summed E-state index contributed by atoms with van der Waals surface area (Å²) in [7, 11) is 0. The Morgan fingerprint density at radius 3 is 2.42 bits per heavy atom. The van der Waals surface area contributed by atoms with Gasteiger partial charge in [0.1, 0.15) is 11.4 Å². The number of ether oxygens (including phenoxy) is 1. The highest BCUT2D eigenvalue weighted by Gasteiger charge is 2.39. The maximum absolute atomic E-state index is 13.4. The number of halogens is 1. The van der Waals surface area contributed by atoms with Crippen molar-refractivity contribution in [3.8, 4) is 5.75 Å². The molecule has 1 aromatic heterocycles. The highest BCUT2D eigenvalue weighted by Crippen LogP contribution is 2.33. The van der Waals surface area contributed by atoms with Gasteiger partial charge >= 0.3 is 0 Å². The number of rotatable bonds is 7. The van der Waals surface area contributed by atoms with Crippen LogP contribution in [0.25, 0.3) is 5.57 Å². The van der Waals surface area contributed by atoms with Gasteiger partial charge in [-0.1, -0.05) is 35.9 Å². The topological polar surface area (TPSA) is 71.5 Å². The van der Waals surface area contributed by atoms with Crippen LogP contribution in [0, 0.1) is 6.92 Å². The van der Waals surface area contributed by atoms with Gasteiger partial charge in [0.05, 0.1) is 23.9 Å². The van der Waals surface area contributed by atoms with Gasteiger partial charge in [0.2, 0.25) is 0 Å². The molecule has 2 aromatic carbocycles. The fourth-order valence-electron chi connectivity index (χ4n) is 3.54. The van der Waals surface area contributed by atoms with E-state index in [0.29, 0.717) is 33.3 Å². The molecule has 6 nitrogen and oxygen atoms in total. The van der Waals surface area contributed by atoms with Crippen LogP contribution in [0.2, 0.25) is 5.02 Å². The maximum Gasteiger partial charge on any atom is 0.278 e. The first-order chi connectivity index (χ1) is 15.8. The molecule has 1 aliphatic heterocycles. The number of benzene rings is 2. The largest absolute Gasteiger partial charge is 0.491 e. The number of nitrogens with one attached hydrogen (secondary N) is 1. The summed E-state index contributed by atoms with van der Waals surface area (Å²) in [5.41, 5.74) is 3.28. The number of pyridine rings is 1. The monoisotopic (exact) mass is 461 g/mol. The Balaban J connectivity index is 1.72. The van der Waals surface area contributed by atoms with E-state index in [1.54, 1.807) is 48.7 Å². The van der Waals surface area contributed by atoms with Crippen molar-refractivity contribution in [1.29, 1.82) is 0 Å². The Labute approximate surface area is 197 Å². The molecule has 0 atom stereocenters. The summed E-state index contributed by atoms with van der Waals surface area (Å²) in [5, 5.41) is 3.70. The van der Waals surface area contributed by atoms with Crippen molar-refractivity contribution >= 4 is 34.7 Å². The quantitative estimate of drug-likeness (QED) is 0.488. The molecule has 7 heteroatoms. The van der Waals surface area contributed by atoms with Gasteiger partial charge in [-0.25, -0.2) is 0 Å². The number of carbonyl (C=O) groups is 2. The minimum absolute atomic E-state index is 0.0298.